The van der Waals surface area contributed by atoms with Crippen molar-refractivity contribution in [3.63, 3.8) is 0 Å². The molecule has 0 atom stereocenters. The highest BCUT2D eigenvalue weighted by atomic mass is 16.5. The lowest BCUT2D eigenvalue weighted by atomic mass is 9.91. The van der Waals surface area contributed by atoms with Crippen LogP contribution < -0.4 is 5.32 Å². The molecule has 0 rings (SSSR count). The predicted octanol–water partition coefficient (Wildman–Crippen LogP) is 2.85. The van der Waals surface area contributed by atoms with E-state index >= 15 is 0 Å². The second-order valence-corrected chi connectivity index (χ2v) is 5.64. The van der Waals surface area contributed by atoms with Gasteiger partial charge in [-0.3, -0.25) is 0 Å². The second kappa shape index (κ2) is 11.0. The van der Waals surface area contributed by atoms with E-state index in [0.29, 0.717) is 12.0 Å². The van der Waals surface area contributed by atoms with Crippen LogP contribution in [0, 0.1) is 5.41 Å². The molecule has 0 aliphatic rings. The first kappa shape index (κ1) is 16.9. The third kappa shape index (κ3) is 15.9. The molecule has 0 aliphatic heterocycles. The molecule has 1 N–H and O–H groups in total. The number of hydrogen-bond acceptors (Lipinski definition) is 3. The molecule has 104 valence electrons. The predicted molar refractivity (Wildman–Crippen MR) is 73.5 cm³/mol. The molecular weight excluding hydrogens is 214 g/mol. The van der Waals surface area contributed by atoms with Crippen molar-refractivity contribution in [3.8, 4) is 0 Å². The standard InChI is InChI=1S/C14H31NO2/c1-5-8-15-9-11-17-13-12-16-10-6-7-14(2,3)4/h15H,5-13H2,1-4H3. The molecule has 0 aromatic rings. The average molecular weight is 245 g/mol. The molecule has 0 spiro atoms. The number of ether oxygens (including phenoxy) is 2. The SMILES string of the molecule is CCCNCCOCCOCCCC(C)(C)C. The van der Waals surface area contributed by atoms with Gasteiger partial charge in [0.15, 0.2) is 0 Å². The minimum Gasteiger partial charge on any atom is -0.379 e. The van der Waals surface area contributed by atoms with Gasteiger partial charge in [-0.25, -0.2) is 0 Å². The van der Waals surface area contributed by atoms with Gasteiger partial charge in [0, 0.05) is 13.2 Å². The fourth-order valence-electron chi connectivity index (χ4n) is 1.47. The summed E-state index contributed by atoms with van der Waals surface area (Å²) >= 11 is 0. The van der Waals surface area contributed by atoms with E-state index in [1.54, 1.807) is 0 Å². The summed E-state index contributed by atoms with van der Waals surface area (Å²) in [4.78, 5) is 0. The molecule has 0 saturated carbocycles. The number of hydrogen-bond donors (Lipinski definition) is 1. The summed E-state index contributed by atoms with van der Waals surface area (Å²) in [6.07, 6.45) is 3.53. The molecule has 0 unspecified atom stereocenters. The molecule has 0 radical (unpaired) electrons. The molecule has 0 aromatic carbocycles. The fourth-order valence-corrected chi connectivity index (χ4v) is 1.47. The number of nitrogens with one attached hydrogen (secondary N) is 1. The molecule has 0 amide bonds. The summed E-state index contributed by atoms with van der Waals surface area (Å²) in [5.41, 5.74) is 0.421. The van der Waals surface area contributed by atoms with Crippen molar-refractivity contribution < 1.29 is 9.47 Å². The van der Waals surface area contributed by atoms with Crippen LogP contribution >= 0.6 is 0 Å². The topological polar surface area (TPSA) is 30.5 Å². The van der Waals surface area contributed by atoms with E-state index in [1.807, 2.05) is 0 Å². The largest absolute Gasteiger partial charge is 0.379 e. The van der Waals surface area contributed by atoms with Crippen LogP contribution in [0.25, 0.3) is 0 Å². The molecule has 17 heavy (non-hydrogen) atoms. The first-order valence-electron chi connectivity index (χ1n) is 6.92. The lowest BCUT2D eigenvalue weighted by Gasteiger charge is -2.17. The Morgan fingerprint density at radius 3 is 2.12 bits per heavy atom. The van der Waals surface area contributed by atoms with Crippen LogP contribution in [-0.4, -0.2) is 39.5 Å². The van der Waals surface area contributed by atoms with Gasteiger partial charge in [0.1, 0.15) is 0 Å². The van der Waals surface area contributed by atoms with Crippen molar-refractivity contribution in [2.24, 2.45) is 5.41 Å². The quantitative estimate of drug-likeness (QED) is 0.568. The molecule has 0 aliphatic carbocycles. The van der Waals surface area contributed by atoms with Crippen LogP contribution in [-0.2, 0) is 9.47 Å². The zero-order valence-corrected chi connectivity index (χ0v) is 12.2. The summed E-state index contributed by atoms with van der Waals surface area (Å²) < 4.78 is 11.0. The van der Waals surface area contributed by atoms with Crippen LogP contribution in [0.4, 0.5) is 0 Å². The molecule has 0 fully saturated rings. The maximum atomic E-state index is 5.51. The van der Waals surface area contributed by atoms with Gasteiger partial charge in [0.05, 0.1) is 19.8 Å². The Morgan fingerprint density at radius 2 is 1.53 bits per heavy atom. The highest BCUT2D eigenvalue weighted by Gasteiger charge is 2.08. The second-order valence-electron chi connectivity index (χ2n) is 5.64. The summed E-state index contributed by atoms with van der Waals surface area (Å²) in [7, 11) is 0. The summed E-state index contributed by atoms with van der Waals surface area (Å²) in [6, 6.07) is 0. The number of rotatable bonds is 11. The van der Waals surface area contributed by atoms with Crippen molar-refractivity contribution in [2.75, 3.05) is 39.5 Å². The van der Waals surface area contributed by atoms with Crippen LogP contribution in [0.3, 0.4) is 0 Å². The minimum absolute atomic E-state index is 0.421. The van der Waals surface area contributed by atoms with Crippen LogP contribution in [0.5, 0.6) is 0 Å². The van der Waals surface area contributed by atoms with Crippen molar-refractivity contribution in [1.82, 2.24) is 5.32 Å². The van der Waals surface area contributed by atoms with Crippen molar-refractivity contribution >= 4 is 0 Å². The Hall–Kier alpha value is -0.120. The molecule has 0 bridgehead atoms. The highest BCUT2D eigenvalue weighted by molar-refractivity contribution is 4.60. The van der Waals surface area contributed by atoms with Gasteiger partial charge in [-0.15, -0.1) is 0 Å². The summed E-state index contributed by atoms with van der Waals surface area (Å²) in [5.74, 6) is 0. The Bertz CT molecular complexity index is 155. The third-order valence-electron chi connectivity index (χ3n) is 2.44. The molecular formula is C14H31NO2. The Kier molecular flexibility index (Phi) is 10.9. The van der Waals surface area contributed by atoms with Crippen molar-refractivity contribution in [2.45, 2.75) is 47.0 Å². The zero-order chi connectivity index (χ0) is 13.0. The normalized spacial score (nSPS) is 12.0. The van der Waals surface area contributed by atoms with E-state index in [1.165, 1.54) is 12.8 Å². The van der Waals surface area contributed by atoms with Gasteiger partial charge >= 0.3 is 0 Å². The monoisotopic (exact) mass is 245 g/mol. The summed E-state index contributed by atoms with van der Waals surface area (Å²) in [6.45, 7) is 14.0. The van der Waals surface area contributed by atoms with Gasteiger partial charge in [0.25, 0.3) is 0 Å². The van der Waals surface area contributed by atoms with E-state index in [-0.39, 0.29) is 0 Å². The van der Waals surface area contributed by atoms with E-state index in [0.717, 1.165) is 39.3 Å². The Labute approximate surface area is 107 Å². The first-order chi connectivity index (χ1) is 8.06. The maximum Gasteiger partial charge on any atom is 0.0701 e. The van der Waals surface area contributed by atoms with E-state index in [4.69, 9.17) is 9.47 Å². The average Bonchev–Trinajstić information content (AvgIpc) is 2.24. The zero-order valence-electron chi connectivity index (χ0n) is 12.2. The minimum atomic E-state index is 0.421. The fraction of sp³-hybridized carbons (Fsp3) is 1.00. The molecule has 3 heteroatoms. The van der Waals surface area contributed by atoms with E-state index in [9.17, 15) is 0 Å². The smallest absolute Gasteiger partial charge is 0.0701 e. The lowest BCUT2D eigenvalue weighted by Crippen LogP contribution is -2.21. The molecule has 0 saturated heterocycles. The molecule has 3 nitrogen and oxygen atoms in total. The van der Waals surface area contributed by atoms with E-state index < -0.39 is 0 Å². The molecule has 0 aromatic heterocycles. The Morgan fingerprint density at radius 1 is 0.882 bits per heavy atom. The molecule has 0 heterocycles. The van der Waals surface area contributed by atoms with Gasteiger partial charge in [-0.2, -0.15) is 0 Å². The highest BCUT2D eigenvalue weighted by Crippen LogP contribution is 2.20. The van der Waals surface area contributed by atoms with Gasteiger partial charge < -0.3 is 14.8 Å². The van der Waals surface area contributed by atoms with Gasteiger partial charge in [-0.1, -0.05) is 27.7 Å². The van der Waals surface area contributed by atoms with Gasteiger partial charge in [0.2, 0.25) is 0 Å². The van der Waals surface area contributed by atoms with Crippen molar-refractivity contribution in [1.29, 1.82) is 0 Å². The maximum absolute atomic E-state index is 5.51. The van der Waals surface area contributed by atoms with Crippen LogP contribution in [0.1, 0.15) is 47.0 Å². The lowest BCUT2D eigenvalue weighted by molar-refractivity contribution is 0.0453. The van der Waals surface area contributed by atoms with Gasteiger partial charge in [-0.05, 0) is 31.2 Å². The summed E-state index contributed by atoms with van der Waals surface area (Å²) in [5, 5.41) is 3.30. The van der Waals surface area contributed by atoms with Crippen LogP contribution in [0.15, 0.2) is 0 Å². The Balaban J connectivity index is 2.99. The van der Waals surface area contributed by atoms with Crippen molar-refractivity contribution in [3.05, 3.63) is 0 Å². The third-order valence-corrected chi connectivity index (χ3v) is 2.44. The first-order valence-corrected chi connectivity index (χ1v) is 6.92. The van der Waals surface area contributed by atoms with Crippen LogP contribution in [0.2, 0.25) is 0 Å². The van der Waals surface area contributed by atoms with E-state index in [2.05, 4.69) is 33.0 Å².